The van der Waals surface area contributed by atoms with E-state index in [1.807, 2.05) is 12.1 Å². The Kier molecular flexibility index (Phi) is 5.95. The van der Waals surface area contributed by atoms with Gasteiger partial charge in [0.1, 0.15) is 23.2 Å². The Morgan fingerprint density at radius 2 is 1.97 bits per heavy atom. The molecule has 7 nitrogen and oxygen atoms in total. The number of hydrogen-bond acceptors (Lipinski definition) is 5. The quantitative estimate of drug-likeness (QED) is 0.586. The van der Waals surface area contributed by atoms with Gasteiger partial charge < -0.3 is 19.6 Å². The van der Waals surface area contributed by atoms with Crippen LogP contribution in [0.15, 0.2) is 22.9 Å². The molecule has 1 aliphatic heterocycles. The van der Waals surface area contributed by atoms with Crippen molar-refractivity contribution in [3.8, 4) is 0 Å². The fourth-order valence-corrected chi connectivity index (χ4v) is 5.15. The Morgan fingerprint density at radius 3 is 2.69 bits per heavy atom. The van der Waals surface area contributed by atoms with Crippen LogP contribution < -0.4 is 5.32 Å². The third-order valence-corrected chi connectivity index (χ3v) is 7.00. The highest BCUT2D eigenvalue weighted by atomic mass is 19.1. The lowest BCUT2D eigenvalue weighted by molar-refractivity contribution is 0.0846. The van der Waals surface area contributed by atoms with Gasteiger partial charge in [-0.25, -0.2) is 9.37 Å². The predicted octanol–water partition coefficient (Wildman–Crippen LogP) is 4.94. The summed E-state index contributed by atoms with van der Waals surface area (Å²) in [5.41, 5.74) is 2.67. The molecule has 1 amide bonds. The minimum atomic E-state index is -0.324. The van der Waals surface area contributed by atoms with Gasteiger partial charge in [0.05, 0.1) is 17.3 Å². The SMILES string of the molecule is Cc1nocc1C(=O)NC(c1nc2c(F)c(C3CCOCC3)ccc2[nH]1)C1CCCCC1. The van der Waals surface area contributed by atoms with Crippen molar-refractivity contribution in [2.24, 2.45) is 5.92 Å². The van der Waals surface area contributed by atoms with Crippen LogP contribution in [0.1, 0.15) is 84.3 Å². The first-order valence-corrected chi connectivity index (χ1v) is 11.6. The molecule has 3 aromatic rings. The van der Waals surface area contributed by atoms with E-state index in [0.717, 1.165) is 38.5 Å². The maximum absolute atomic E-state index is 15.5. The van der Waals surface area contributed by atoms with Crippen LogP contribution in [-0.2, 0) is 4.74 Å². The van der Waals surface area contributed by atoms with E-state index in [9.17, 15) is 4.79 Å². The molecule has 0 radical (unpaired) electrons. The number of hydrogen-bond donors (Lipinski definition) is 2. The lowest BCUT2D eigenvalue weighted by Gasteiger charge is -2.29. The highest BCUT2D eigenvalue weighted by Crippen LogP contribution is 2.36. The summed E-state index contributed by atoms with van der Waals surface area (Å²) in [4.78, 5) is 20.9. The molecule has 5 rings (SSSR count). The fourth-order valence-electron chi connectivity index (χ4n) is 5.15. The molecule has 2 fully saturated rings. The Hall–Kier alpha value is -2.74. The van der Waals surface area contributed by atoms with Crippen LogP contribution in [0.2, 0.25) is 0 Å². The molecule has 1 saturated heterocycles. The molecule has 1 saturated carbocycles. The molecule has 0 spiro atoms. The van der Waals surface area contributed by atoms with Crippen LogP contribution in [0, 0.1) is 18.7 Å². The van der Waals surface area contributed by atoms with E-state index in [2.05, 4.69) is 20.4 Å². The van der Waals surface area contributed by atoms with Crippen LogP contribution in [0.4, 0.5) is 4.39 Å². The second-order valence-corrected chi connectivity index (χ2v) is 9.04. The van der Waals surface area contributed by atoms with Crippen LogP contribution >= 0.6 is 0 Å². The van der Waals surface area contributed by atoms with Crippen LogP contribution in [-0.4, -0.2) is 34.2 Å². The second kappa shape index (κ2) is 9.02. The van der Waals surface area contributed by atoms with E-state index < -0.39 is 0 Å². The molecular formula is C24H29FN4O3. The van der Waals surface area contributed by atoms with Crippen molar-refractivity contribution in [2.75, 3.05) is 13.2 Å². The van der Waals surface area contributed by atoms with Crippen molar-refractivity contribution in [2.45, 2.75) is 63.8 Å². The zero-order valence-electron chi connectivity index (χ0n) is 18.3. The number of aromatic nitrogens is 3. The molecule has 32 heavy (non-hydrogen) atoms. The molecular weight excluding hydrogens is 411 g/mol. The molecule has 1 aliphatic carbocycles. The lowest BCUT2D eigenvalue weighted by Crippen LogP contribution is -2.35. The minimum Gasteiger partial charge on any atom is -0.381 e. The van der Waals surface area contributed by atoms with Crippen molar-refractivity contribution < 1.29 is 18.4 Å². The third-order valence-electron chi connectivity index (χ3n) is 7.00. The lowest BCUT2D eigenvalue weighted by atomic mass is 9.83. The number of halogens is 1. The summed E-state index contributed by atoms with van der Waals surface area (Å²) >= 11 is 0. The summed E-state index contributed by atoms with van der Waals surface area (Å²) in [5, 5.41) is 6.95. The molecule has 2 N–H and O–H groups in total. The first-order valence-electron chi connectivity index (χ1n) is 11.6. The third kappa shape index (κ3) is 4.03. The number of benzene rings is 1. The predicted molar refractivity (Wildman–Crippen MR) is 117 cm³/mol. The maximum atomic E-state index is 15.5. The van der Waals surface area contributed by atoms with Gasteiger partial charge in [-0.2, -0.15) is 0 Å². The Labute approximate surface area is 186 Å². The number of nitrogens with one attached hydrogen (secondary N) is 2. The van der Waals surface area contributed by atoms with E-state index in [1.54, 1.807) is 6.92 Å². The largest absolute Gasteiger partial charge is 0.381 e. The van der Waals surface area contributed by atoms with Crippen molar-refractivity contribution in [3.63, 3.8) is 0 Å². The highest BCUT2D eigenvalue weighted by molar-refractivity contribution is 5.95. The highest BCUT2D eigenvalue weighted by Gasteiger charge is 2.31. The number of amides is 1. The van der Waals surface area contributed by atoms with Crippen LogP contribution in [0.25, 0.3) is 11.0 Å². The van der Waals surface area contributed by atoms with E-state index in [0.29, 0.717) is 46.9 Å². The molecule has 1 atom stereocenters. The summed E-state index contributed by atoms with van der Waals surface area (Å²) in [6.07, 6.45) is 8.43. The average Bonchev–Trinajstić information content (AvgIpc) is 3.45. The maximum Gasteiger partial charge on any atom is 0.257 e. The van der Waals surface area contributed by atoms with Crippen LogP contribution in [0.5, 0.6) is 0 Å². The van der Waals surface area contributed by atoms with E-state index in [1.165, 1.54) is 12.7 Å². The number of rotatable bonds is 5. The summed E-state index contributed by atoms with van der Waals surface area (Å²) in [6.45, 7) is 3.06. The first kappa shape index (κ1) is 21.1. The van der Waals surface area contributed by atoms with Gasteiger partial charge in [-0.1, -0.05) is 30.5 Å². The topological polar surface area (TPSA) is 93.0 Å². The normalized spacial score (nSPS) is 19.3. The van der Waals surface area contributed by atoms with E-state index >= 15 is 4.39 Å². The number of aryl methyl sites for hydroxylation is 1. The van der Waals surface area contributed by atoms with Gasteiger partial charge in [0, 0.05) is 13.2 Å². The van der Waals surface area contributed by atoms with Gasteiger partial charge in [0.15, 0.2) is 5.82 Å². The number of H-pyrrole nitrogens is 1. The minimum absolute atomic E-state index is 0.152. The van der Waals surface area contributed by atoms with Gasteiger partial charge >= 0.3 is 0 Å². The zero-order valence-corrected chi connectivity index (χ0v) is 18.3. The number of fused-ring (bicyclic) bond motifs is 1. The van der Waals surface area contributed by atoms with E-state index in [4.69, 9.17) is 9.26 Å². The second-order valence-electron chi connectivity index (χ2n) is 9.04. The molecule has 170 valence electrons. The van der Waals surface area contributed by atoms with Gasteiger partial charge in [-0.3, -0.25) is 4.79 Å². The summed E-state index contributed by atoms with van der Waals surface area (Å²) in [7, 11) is 0. The number of nitrogens with zero attached hydrogens (tertiary/aromatic N) is 2. The summed E-state index contributed by atoms with van der Waals surface area (Å²) < 4.78 is 25.9. The molecule has 1 unspecified atom stereocenters. The number of carbonyl (C=O) groups excluding carboxylic acids is 1. The number of aromatic amines is 1. The van der Waals surface area contributed by atoms with Crippen molar-refractivity contribution >= 4 is 16.9 Å². The van der Waals surface area contributed by atoms with Crippen molar-refractivity contribution in [1.29, 1.82) is 0 Å². The van der Waals surface area contributed by atoms with Gasteiger partial charge in [-0.05, 0) is 56.1 Å². The number of imidazole rings is 1. The number of carbonyl (C=O) groups is 1. The fraction of sp³-hybridized carbons (Fsp3) is 0.542. The number of ether oxygens (including phenoxy) is 1. The smallest absolute Gasteiger partial charge is 0.257 e. The first-order chi connectivity index (χ1) is 15.6. The Morgan fingerprint density at radius 1 is 1.19 bits per heavy atom. The molecule has 1 aromatic carbocycles. The van der Waals surface area contributed by atoms with Gasteiger partial charge in [0.2, 0.25) is 0 Å². The molecule has 3 heterocycles. The summed E-state index contributed by atoms with van der Waals surface area (Å²) in [6, 6.07) is 3.45. The molecule has 2 aliphatic rings. The average molecular weight is 441 g/mol. The Bertz CT molecular complexity index is 1100. The monoisotopic (exact) mass is 440 g/mol. The summed E-state index contributed by atoms with van der Waals surface area (Å²) in [5.74, 6) is 0.492. The molecule has 0 bridgehead atoms. The molecule has 2 aromatic heterocycles. The van der Waals surface area contributed by atoms with Crippen LogP contribution in [0.3, 0.4) is 0 Å². The Balaban J connectivity index is 1.48. The van der Waals surface area contributed by atoms with Gasteiger partial charge in [0.25, 0.3) is 5.91 Å². The van der Waals surface area contributed by atoms with Gasteiger partial charge in [-0.15, -0.1) is 0 Å². The molecule has 8 heteroatoms. The zero-order chi connectivity index (χ0) is 22.1. The van der Waals surface area contributed by atoms with Crippen molar-refractivity contribution in [3.05, 3.63) is 46.9 Å². The van der Waals surface area contributed by atoms with E-state index in [-0.39, 0.29) is 29.6 Å². The van der Waals surface area contributed by atoms with Crippen molar-refractivity contribution in [1.82, 2.24) is 20.4 Å². The standard InChI is InChI=1S/C24H29FN4O3/c1-14-18(13-32-29-14)24(30)28-21(16-5-3-2-4-6-16)23-26-19-8-7-17(20(25)22(19)27-23)15-9-11-31-12-10-15/h7-8,13,15-16,21H,2-6,9-12H2,1H3,(H,26,27)(H,28,30).